The van der Waals surface area contributed by atoms with Gasteiger partial charge in [-0.3, -0.25) is 4.79 Å². The van der Waals surface area contributed by atoms with Gasteiger partial charge in [-0.1, -0.05) is 0 Å². The zero-order chi connectivity index (χ0) is 16.0. The van der Waals surface area contributed by atoms with Crippen LogP contribution in [0.4, 0.5) is 0 Å². The predicted octanol–water partition coefficient (Wildman–Crippen LogP) is 1.72. The fraction of sp³-hybridized carbons (Fsp3) is 0.500. The Morgan fingerprint density at radius 3 is 1.95 bits per heavy atom. The van der Waals surface area contributed by atoms with Gasteiger partial charge in [0, 0.05) is 18.2 Å². The molecule has 7 heteroatoms. The molecule has 0 heterocycles. The molecular weight excluding hydrogens is 296 g/mol. The Labute approximate surface area is 124 Å². The van der Waals surface area contributed by atoms with E-state index in [1.165, 1.54) is 21.3 Å². The van der Waals surface area contributed by atoms with E-state index in [2.05, 4.69) is 0 Å². The Kier molecular flexibility index (Phi) is 6.02. The SMILES string of the molecule is COc1cc(C(=O)CCCS(C)(=O)=O)cc(OC)c1OC. The number of carbonyl (C=O) groups excluding carboxylic acids is 1. The number of benzene rings is 1. The smallest absolute Gasteiger partial charge is 0.203 e. The number of methoxy groups -OCH3 is 3. The molecule has 0 fully saturated rings. The summed E-state index contributed by atoms with van der Waals surface area (Å²) in [5.74, 6) is 1.01. The molecule has 0 saturated carbocycles. The minimum absolute atomic E-state index is 0.0107. The molecular formula is C14H20O6S. The lowest BCUT2D eigenvalue weighted by atomic mass is 10.1. The van der Waals surface area contributed by atoms with Crippen LogP contribution in [0.2, 0.25) is 0 Å². The summed E-state index contributed by atoms with van der Waals surface area (Å²) in [5, 5.41) is 0. The van der Waals surface area contributed by atoms with Crippen LogP contribution in [0, 0.1) is 0 Å². The molecule has 0 aliphatic carbocycles. The number of ether oxygens (including phenoxy) is 3. The van der Waals surface area contributed by atoms with Crippen molar-refractivity contribution in [2.24, 2.45) is 0 Å². The van der Waals surface area contributed by atoms with Crippen LogP contribution in [-0.2, 0) is 9.84 Å². The Bertz CT molecular complexity index is 581. The van der Waals surface area contributed by atoms with Crippen molar-refractivity contribution in [2.45, 2.75) is 12.8 Å². The summed E-state index contributed by atoms with van der Waals surface area (Å²) in [7, 11) is 1.36. The van der Waals surface area contributed by atoms with Crippen molar-refractivity contribution in [3.63, 3.8) is 0 Å². The molecule has 21 heavy (non-hydrogen) atoms. The highest BCUT2D eigenvalue weighted by Crippen LogP contribution is 2.38. The average molecular weight is 316 g/mol. The van der Waals surface area contributed by atoms with Gasteiger partial charge in [0.15, 0.2) is 17.3 Å². The molecule has 0 spiro atoms. The van der Waals surface area contributed by atoms with E-state index in [0.29, 0.717) is 22.8 Å². The molecule has 0 N–H and O–H groups in total. The Morgan fingerprint density at radius 2 is 1.57 bits per heavy atom. The fourth-order valence-corrected chi connectivity index (χ4v) is 2.55. The number of hydrogen-bond acceptors (Lipinski definition) is 6. The van der Waals surface area contributed by atoms with Crippen LogP contribution in [-0.4, -0.2) is 47.5 Å². The quantitative estimate of drug-likeness (QED) is 0.680. The highest BCUT2D eigenvalue weighted by molar-refractivity contribution is 7.90. The number of ketones is 1. The summed E-state index contributed by atoms with van der Waals surface area (Å²) in [6.07, 6.45) is 1.58. The molecule has 0 aromatic heterocycles. The van der Waals surface area contributed by atoms with Crippen LogP contribution in [0.15, 0.2) is 12.1 Å². The molecule has 0 saturated heterocycles. The molecule has 0 aliphatic rings. The van der Waals surface area contributed by atoms with Gasteiger partial charge in [-0.05, 0) is 18.6 Å². The Morgan fingerprint density at radius 1 is 1.05 bits per heavy atom. The number of hydrogen-bond donors (Lipinski definition) is 0. The molecule has 118 valence electrons. The van der Waals surface area contributed by atoms with E-state index >= 15 is 0 Å². The molecule has 6 nitrogen and oxygen atoms in total. The van der Waals surface area contributed by atoms with Crippen molar-refractivity contribution in [3.05, 3.63) is 17.7 Å². The molecule has 0 amide bonds. The number of carbonyl (C=O) groups is 1. The molecule has 0 bridgehead atoms. The highest BCUT2D eigenvalue weighted by Gasteiger charge is 2.17. The van der Waals surface area contributed by atoms with E-state index in [9.17, 15) is 13.2 Å². The lowest BCUT2D eigenvalue weighted by Crippen LogP contribution is -2.07. The lowest BCUT2D eigenvalue weighted by Gasteiger charge is -2.13. The largest absolute Gasteiger partial charge is 0.493 e. The Hall–Kier alpha value is -1.76. The second kappa shape index (κ2) is 7.31. The first-order valence-corrected chi connectivity index (χ1v) is 8.39. The molecule has 0 aliphatic heterocycles. The van der Waals surface area contributed by atoms with Crippen LogP contribution in [0.25, 0.3) is 0 Å². The van der Waals surface area contributed by atoms with Crippen molar-refractivity contribution < 1.29 is 27.4 Å². The summed E-state index contributed by atoms with van der Waals surface area (Å²) >= 11 is 0. The van der Waals surface area contributed by atoms with E-state index in [4.69, 9.17) is 14.2 Å². The first-order valence-electron chi connectivity index (χ1n) is 6.33. The number of Topliss-reactive ketones (excluding diaryl/α,β-unsaturated/α-hetero) is 1. The van der Waals surface area contributed by atoms with E-state index in [-0.39, 0.29) is 24.4 Å². The van der Waals surface area contributed by atoms with Crippen molar-refractivity contribution in [2.75, 3.05) is 33.3 Å². The van der Waals surface area contributed by atoms with E-state index in [1.54, 1.807) is 12.1 Å². The van der Waals surface area contributed by atoms with Gasteiger partial charge in [-0.25, -0.2) is 8.42 Å². The summed E-state index contributed by atoms with van der Waals surface area (Å²) in [5.41, 5.74) is 0.401. The number of sulfone groups is 1. The van der Waals surface area contributed by atoms with Gasteiger partial charge in [-0.15, -0.1) is 0 Å². The summed E-state index contributed by atoms with van der Waals surface area (Å²) in [4.78, 5) is 12.1. The second-order valence-electron chi connectivity index (χ2n) is 4.57. The van der Waals surface area contributed by atoms with Gasteiger partial charge in [0.1, 0.15) is 9.84 Å². The van der Waals surface area contributed by atoms with Gasteiger partial charge in [-0.2, -0.15) is 0 Å². The van der Waals surface area contributed by atoms with Crippen molar-refractivity contribution >= 4 is 15.6 Å². The zero-order valence-corrected chi connectivity index (χ0v) is 13.5. The summed E-state index contributed by atoms with van der Waals surface area (Å²) < 4.78 is 37.7. The van der Waals surface area contributed by atoms with Gasteiger partial charge in [0.25, 0.3) is 0 Å². The average Bonchev–Trinajstić information content (AvgIpc) is 2.43. The van der Waals surface area contributed by atoms with Gasteiger partial charge in [0.05, 0.1) is 27.1 Å². The normalized spacial score (nSPS) is 11.0. The maximum Gasteiger partial charge on any atom is 0.203 e. The monoisotopic (exact) mass is 316 g/mol. The van der Waals surface area contributed by atoms with E-state index in [0.717, 1.165) is 6.26 Å². The molecule has 1 rings (SSSR count). The van der Waals surface area contributed by atoms with Gasteiger partial charge < -0.3 is 14.2 Å². The molecule has 1 aromatic rings. The minimum Gasteiger partial charge on any atom is -0.493 e. The lowest BCUT2D eigenvalue weighted by molar-refractivity contribution is 0.0981. The number of rotatable bonds is 8. The van der Waals surface area contributed by atoms with Crippen LogP contribution in [0.5, 0.6) is 17.2 Å². The van der Waals surface area contributed by atoms with Crippen LogP contribution in [0.3, 0.4) is 0 Å². The van der Waals surface area contributed by atoms with Gasteiger partial charge in [0.2, 0.25) is 5.75 Å². The van der Waals surface area contributed by atoms with Crippen molar-refractivity contribution in [3.8, 4) is 17.2 Å². The maximum atomic E-state index is 12.1. The summed E-state index contributed by atoms with van der Waals surface area (Å²) in [6.45, 7) is 0. The first kappa shape index (κ1) is 17.3. The van der Waals surface area contributed by atoms with Gasteiger partial charge >= 0.3 is 0 Å². The minimum atomic E-state index is -3.06. The standard InChI is InChI=1S/C14H20O6S/c1-18-12-8-10(9-13(19-2)14(12)20-3)11(15)6-5-7-21(4,16)17/h8-9H,5-7H2,1-4H3. The predicted molar refractivity (Wildman–Crippen MR) is 79.4 cm³/mol. The topological polar surface area (TPSA) is 78.9 Å². The fourth-order valence-electron chi connectivity index (χ4n) is 1.88. The van der Waals surface area contributed by atoms with E-state index < -0.39 is 9.84 Å². The third-order valence-electron chi connectivity index (χ3n) is 2.91. The third kappa shape index (κ3) is 4.93. The second-order valence-corrected chi connectivity index (χ2v) is 6.83. The van der Waals surface area contributed by atoms with Crippen molar-refractivity contribution in [1.82, 2.24) is 0 Å². The highest BCUT2D eigenvalue weighted by atomic mass is 32.2. The van der Waals surface area contributed by atoms with Crippen LogP contribution < -0.4 is 14.2 Å². The molecule has 1 aromatic carbocycles. The van der Waals surface area contributed by atoms with Crippen molar-refractivity contribution in [1.29, 1.82) is 0 Å². The van der Waals surface area contributed by atoms with Crippen LogP contribution >= 0.6 is 0 Å². The third-order valence-corrected chi connectivity index (χ3v) is 3.94. The van der Waals surface area contributed by atoms with E-state index in [1.807, 2.05) is 0 Å². The zero-order valence-electron chi connectivity index (χ0n) is 12.6. The molecule has 0 radical (unpaired) electrons. The first-order chi connectivity index (χ1) is 9.82. The maximum absolute atomic E-state index is 12.1. The molecule has 0 atom stereocenters. The summed E-state index contributed by atoms with van der Waals surface area (Å²) in [6, 6.07) is 3.12. The molecule has 0 unspecified atom stereocenters. The Balaban J connectivity index is 2.94. The van der Waals surface area contributed by atoms with Crippen LogP contribution in [0.1, 0.15) is 23.2 Å².